The Hall–Kier alpha value is -1.54. The number of quaternary nitrogens is 1. The van der Waals surface area contributed by atoms with Gasteiger partial charge in [-0.3, -0.25) is 4.79 Å². The third kappa shape index (κ3) is 3.84. The first kappa shape index (κ1) is 18.3. The number of fused-ring (bicyclic) bond motifs is 1. The molecule has 0 radical (unpaired) electrons. The van der Waals surface area contributed by atoms with Gasteiger partial charge in [0.15, 0.2) is 0 Å². The fourth-order valence-electron chi connectivity index (χ4n) is 3.56. The van der Waals surface area contributed by atoms with Crippen molar-refractivity contribution in [2.75, 3.05) is 38.6 Å². The molecule has 1 amide bonds. The molecule has 0 bridgehead atoms. The van der Waals surface area contributed by atoms with Crippen LogP contribution in [-0.4, -0.2) is 54.5 Å². The minimum atomic E-state index is -0.293. The number of ether oxygens (including phenoxy) is 1. The monoisotopic (exact) mass is 369 g/mol. The first-order chi connectivity index (χ1) is 11.9. The molecule has 0 unspecified atom stereocenters. The smallest absolute Gasteiger partial charge is 0.255 e. The number of carbonyl (C=O) groups excluding carboxylic acids is 1. The van der Waals surface area contributed by atoms with Crippen LogP contribution in [0.25, 0.3) is 0 Å². The molecule has 0 spiro atoms. The minimum Gasteiger partial charge on any atom is -0.633 e. The number of amides is 1. The number of aliphatic hydroxyl groups is 1. The summed E-state index contributed by atoms with van der Waals surface area (Å²) in [6, 6.07) is 1.50. The summed E-state index contributed by atoms with van der Waals surface area (Å²) in [5.74, 6) is 0.276. The van der Waals surface area contributed by atoms with Crippen LogP contribution in [0.2, 0.25) is 5.02 Å². The summed E-state index contributed by atoms with van der Waals surface area (Å²) in [4.78, 5) is 12.7. The normalized spacial score (nSPS) is 25.3. The minimum absolute atomic E-state index is 0.0331. The van der Waals surface area contributed by atoms with E-state index >= 15 is 0 Å². The molecular formula is C17H24ClN3O4. The number of nitrogens with zero attached hydrogens (tertiary/aromatic N) is 1. The molecule has 138 valence electrons. The number of halogens is 1. The van der Waals surface area contributed by atoms with Gasteiger partial charge < -0.3 is 30.7 Å². The number of nitrogen functional groups attached to an aromatic ring is 1. The van der Waals surface area contributed by atoms with Crippen molar-refractivity contribution in [3.05, 3.63) is 27.4 Å². The number of benzene rings is 1. The lowest BCUT2D eigenvalue weighted by atomic mass is 10.0. The van der Waals surface area contributed by atoms with Crippen molar-refractivity contribution in [2.45, 2.75) is 31.7 Å². The first-order valence-electron chi connectivity index (χ1n) is 8.66. The fraction of sp³-hybridized carbons (Fsp3) is 0.588. The van der Waals surface area contributed by atoms with Crippen molar-refractivity contribution >= 4 is 23.2 Å². The number of carbonyl (C=O) groups is 1. The van der Waals surface area contributed by atoms with Crippen LogP contribution in [-0.2, 0) is 6.42 Å². The maximum atomic E-state index is 12.7. The second kappa shape index (κ2) is 7.37. The van der Waals surface area contributed by atoms with Gasteiger partial charge >= 0.3 is 0 Å². The van der Waals surface area contributed by atoms with Gasteiger partial charge in [0.25, 0.3) is 5.91 Å². The summed E-state index contributed by atoms with van der Waals surface area (Å²) in [5.41, 5.74) is 7.63. The molecule has 1 fully saturated rings. The molecular weight excluding hydrogens is 346 g/mol. The van der Waals surface area contributed by atoms with Crippen LogP contribution >= 0.6 is 11.6 Å². The molecule has 2 aliphatic rings. The Morgan fingerprint density at radius 2 is 2.20 bits per heavy atom. The van der Waals surface area contributed by atoms with E-state index in [0.29, 0.717) is 73.9 Å². The average molecular weight is 370 g/mol. The lowest BCUT2D eigenvalue weighted by Crippen LogP contribution is -2.53. The van der Waals surface area contributed by atoms with Crippen molar-refractivity contribution in [3.8, 4) is 5.75 Å². The number of anilines is 1. The Morgan fingerprint density at radius 3 is 2.88 bits per heavy atom. The van der Waals surface area contributed by atoms with E-state index in [1.54, 1.807) is 6.07 Å². The summed E-state index contributed by atoms with van der Waals surface area (Å²) in [5, 5.41) is 24.7. The van der Waals surface area contributed by atoms with E-state index in [9.17, 15) is 10.0 Å². The molecule has 1 aromatic carbocycles. The lowest BCUT2D eigenvalue weighted by Gasteiger charge is -2.47. The summed E-state index contributed by atoms with van der Waals surface area (Å²) < 4.78 is 5.28. The average Bonchev–Trinajstić information content (AvgIpc) is 3.08. The molecule has 4 N–H and O–H groups in total. The molecule has 25 heavy (non-hydrogen) atoms. The second-order valence-electron chi connectivity index (χ2n) is 6.78. The highest BCUT2D eigenvalue weighted by Crippen LogP contribution is 2.38. The highest BCUT2D eigenvalue weighted by molar-refractivity contribution is 6.33. The molecule has 2 heterocycles. The van der Waals surface area contributed by atoms with E-state index in [1.165, 1.54) is 0 Å². The number of hydrogen-bond acceptors (Lipinski definition) is 5. The van der Waals surface area contributed by atoms with E-state index < -0.39 is 0 Å². The molecule has 3 rings (SSSR count). The van der Waals surface area contributed by atoms with E-state index in [-0.39, 0.29) is 23.2 Å². The molecule has 1 saturated heterocycles. The molecule has 2 aliphatic heterocycles. The first-order valence-corrected chi connectivity index (χ1v) is 9.04. The predicted octanol–water partition coefficient (Wildman–Crippen LogP) is 1.45. The zero-order valence-electron chi connectivity index (χ0n) is 14.1. The third-order valence-electron chi connectivity index (χ3n) is 5.04. The molecule has 0 saturated carbocycles. The Labute approximate surface area is 151 Å². The van der Waals surface area contributed by atoms with Crippen LogP contribution in [0.4, 0.5) is 5.69 Å². The number of hydroxylamine groups is 3. The summed E-state index contributed by atoms with van der Waals surface area (Å²) in [6.45, 7) is 1.84. The standard InChI is InChI=1S/C17H24ClN3O4/c18-14-10-13(16-12(15(14)19)4-9-25-16)17(23)20-11-2-6-21(24,7-3-11)5-1-8-22/h10-11,22H,1-9,19H2,(H,20,23). The predicted molar refractivity (Wildman–Crippen MR) is 95.5 cm³/mol. The number of aliphatic hydroxyl groups excluding tert-OH is 1. The Balaban J connectivity index is 1.65. The Kier molecular flexibility index (Phi) is 5.38. The lowest BCUT2D eigenvalue weighted by molar-refractivity contribution is -0.886. The number of nitrogens with two attached hydrogens (primary N) is 1. The fourth-order valence-corrected chi connectivity index (χ4v) is 3.79. The number of rotatable bonds is 5. The van der Waals surface area contributed by atoms with Crippen LogP contribution in [0, 0.1) is 5.21 Å². The van der Waals surface area contributed by atoms with E-state index in [2.05, 4.69) is 5.32 Å². The molecule has 0 atom stereocenters. The topological polar surface area (TPSA) is 108 Å². The van der Waals surface area contributed by atoms with Gasteiger partial charge in [0.2, 0.25) is 0 Å². The number of nitrogens with one attached hydrogen (secondary N) is 1. The maximum Gasteiger partial charge on any atom is 0.255 e. The molecule has 7 nitrogen and oxygen atoms in total. The van der Waals surface area contributed by atoms with Gasteiger partial charge in [-0.2, -0.15) is 0 Å². The van der Waals surface area contributed by atoms with Crippen molar-refractivity contribution in [1.29, 1.82) is 0 Å². The van der Waals surface area contributed by atoms with Crippen molar-refractivity contribution < 1.29 is 19.3 Å². The molecule has 0 aliphatic carbocycles. The van der Waals surface area contributed by atoms with Gasteiger partial charge in [0.1, 0.15) is 5.75 Å². The Morgan fingerprint density at radius 1 is 1.48 bits per heavy atom. The highest BCUT2D eigenvalue weighted by Gasteiger charge is 2.30. The van der Waals surface area contributed by atoms with Crippen LogP contribution in [0.3, 0.4) is 0 Å². The number of likely N-dealkylation sites (tertiary alicyclic amines) is 1. The van der Waals surface area contributed by atoms with Gasteiger partial charge in [-0.15, -0.1) is 0 Å². The summed E-state index contributed by atoms with van der Waals surface area (Å²) in [7, 11) is 0. The van der Waals surface area contributed by atoms with Crippen LogP contribution in [0.1, 0.15) is 35.2 Å². The van der Waals surface area contributed by atoms with Gasteiger partial charge in [-0.25, -0.2) is 0 Å². The van der Waals surface area contributed by atoms with Crippen LogP contribution in [0.15, 0.2) is 6.07 Å². The largest absolute Gasteiger partial charge is 0.633 e. The highest BCUT2D eigenvalue weighted by atomic mass is 35.5. The van der Waals surface area contributed by atoms with Gasteiger partial charge in [0.05, 0.1) is 42.5 Å². The van der Waals surface area contributed by atoms with Crippen LogP contribution < -0.4 is 15.8 Å². The van der Waals surface area contributed by atoms with E-state index in [1.807, 2.05) is 0 Å². The quantitative estimate of drug-likeness (QED) is 0.413. The van der Waals surface area contributed by atoms with Gasteiger partial charge in [-0.1, -0.05) is 11.6 Å². The summed E-state index contributed by atoms with van der Waals surface area (Å²) >= 11 is 6.15. The maximum absolute atomic E-state index is 12.7. The van der Waals surface area contributed by atoms with Crippen molar-refractivity contribution in [3.63, 3.8) is 0 Å². The SMILES string of the molecule is Nc1c(Cl)cc(C(=O)NC2CC[N+]([O-])(CCCO)CC2)c2c1CCO2. The zero-order valence-corrected chi connectivity index (χ0v) is 14.8. The zero-order chi connectivity index (χ0) is 18.0. The van der Waals surface area contributed by atoms with E-state index in [4.69, 9.17) is 27.2 Å². The summed E-state index contributed by atoms with van der Waals surface area (Å²) in [6.07, 6.45) is 2.39. The van der Waals surface area contributed by atoms with Gasteiger partial charge in [-0.05, 0) is 6.07 Å². The Bertz CT molecular complexity index is 660. The van der Waals surface area contributed by atoms with Gasteiger partial charge in [0, 0.05) is 43.9 Å². The molecule has 1 aromatic rings. The van der Waals surface area contributed by atoms with E-state index in [0.717, 1.165) is 5.56 Å². The van der Waals surface area contributed by atoms with Crippen LogP contribution in [0.5, 0.6) is 5.75 Å². The van der Waals surface area contributed by atoms with Crippen molar-refractivity contribution in [1.82, 2.24) is 5.32 Å². The molecule has 8 heteroatoms. The van der Waals surface area contributed by atoms with Crippen molar-refractivity contribution in [2.24, 2.45) is 0 Å². The third-order valence-corrected chi connectivity index (χ3v) is 5.36. The molecule has 0 aromatic heterocycles. The number of hydrogen-bond donors (Lipinski definition) is 3. The number of piperidine rings is 1. The second-order valence-corrected chi connectivity index (χ2v) is 7.19.